The minimum absolute atomic E-state index is 0.00458. The number of amides is 3. The van der Waals surface area contributed by atoms with Crippen molar-refractivity contribution in [3.05, 3.63) is 46.7 Å². The van der Waals surface area contributed by atoms with E-state index in [1.807, 2.05) is 0 Å². The Morgan fingerprint density at radius 3 is 2.67 bits per heavy atom. The predicted molar refractivity (Wildman–Crippen MR) is 134 cm³/mol. The normalized spacial score (nSPS) is 18.7. The van der Waals surface area contributed by atoms with Crippen molar-refractivity contribution in [2.45, 2.75) is 24.4 Å². The van der Waals surface area contributed by atoms with Crippen LogP contribution in [0.15, 0.2) is 34.9 Å². The van der Waals surface area contributed by atoms with Crippen molar-refractivity contribution in [3.63, 3.8) is 0 Å². The maximum atomic E-state index is 13.0. The van der Waals surface area contributed by atoms with Crippen LogP contribution in [0.4, 0.5) is 5.13 Å². The summed E-state index contributed by atoms with van der Waals surface area (Å²) in [5.41, 5.74) is 10.9. The van der Waals surface area contributed by atoms with E-state index >= 15 is 0 Å². The van der Waals surface area contributed by atoms with Gasteiger partial charge in [-0.15, -0.1) is 11.8 Å². The van der Waals surface area contributed by atoms with Gasteiger partial charge in [0, 0.05) is 34.5 Å². The zero-order chi connectivity index (χ0) is 28.4. The number of anilines is 1. The summed E-state index contributed by atoms with van der Waals surface area (Å²) >= 11 is 2.07. The standard InChI is InChI=1S/C21H20N8O8S2/c1-37-26-12(16-25-21(23)39-27-16)17(33)24-13-18(34)29-14(20(35)36)9(7-38-19(13)29)6-28-3-2-10(15(22)32)8(5-28)4-11(30)31/h2-3,5,13,19H,4,6-7H2,1H3,(H6-,22,23,24,25,27,30,31,32,33,35,36)/p+1/b26-12-/t13-,19+/m1/s1. The van der Waals surface area contributed by atoms with Crippen molar-refractivity contribution in [3.8, 4) is 0 Å². The summed E-state index contributed by atoms with van der Waals surface area (Å²) in [6, 6.07) is 0.297. The van der Waals surface area contributed by atoms with Gasteiger partial charge in [-0.3, -0.25) is 24.1 Å². The molecule has 4 heterocycles. The van der Waals surface area contributed by atoms with Crippen molar-refractivity contribution in [1.29, 1.82) is 0 Å². The lowest BCUT2D eigenvalue weighted by atomic mass is 10.0. The highest BCUT2D eigenvalue weighted by molar-refractivity contribution is 8.00. The highest BCUT2D eigenvalue weighted by Gasteiger charge is 2.55. The van der Waals surface area contributed by atoms with E-state index in [0.717, 1.165) is 16.4 Å². The van der Waals surface area contributed by atoms with E-state index in [2.05, 4.69) is 24.7 Å². The smallest absolute Gasteiger partial charge is 0.352 e. The molecule has 16 nitrogen and oxygen atoms in total. The van der Waals surface area contributed by atoms with Gasteiger partial charge in [-0.2, -0.15) is 9.36 Å². The van der Waals surface area contributed by atoms with Crippen LogP contribution in [-0.4, -0.2) is 84.1 Å². The molecule has 0 aliphatic carbocycles. The van der Waals surface area contributed by atoms with Gasteiger partial charge < -0.3 is 31.8 Å². The quantitative estimate of drug-likeness (QED) is 0.0884. The zero-order valence-electron chi connectivity index (χ0n) is 20.1. The number of nitrogen functional groups attached to an aromatic ring is 1. The van der Waals surface area contributed by atoms with Gasteiger partial charge in [-0.1, -0.05) is 5.16 Å². The van der Waals surface area contributed by atoms with E-state index in [9.17, 15) is 29.1 Å². The summed E-state index contributed by atoms with van der Waals surface area (Å²) in [7, 11) is 1.21. The first-order chi connectivity index (χ1) is 18.5. The first-order valence-corrected chi connectivity index (χ1v) is 12.8. The number of nitrogens with two attached hydrogens (primary N) is 2. The second-order valence-corrected chi connectivity index (χ2v) is 10.1. The Morgan fingerprint density at radius 2 is 2.08 bits per heavy atom. The number of hydrogen-bond acceptors (Lipinski definition) is 12. The Kier molecular flexibility index (Phi) is 7.77. The molecule has 0 unspecified atom stereocenters. The van der Waals surface area contributed by atoms with Crippen molar-refractivity contribution in [2.75, 3.05) is 18.6 Å². The number of carboxylic acids is 2. The molecule has 2 aliphatic heterocycles. The van der Waals surface area contributed by atoms with Crippen LogP contribution in [0.1, 0.15) is 21.7 Å². The Hall–Kier alpha value is -4.58. The van der Waals surface area contributed by atoms with Crippen LogP contribution in [0.25, 0.3) is 0 Å². The van der Waals surface area contributed by atoms with E-state index in [4.69, 9.17) is 16.6 Å². The lowest BCUT2D eigenvalue weighted by Gasteiger charge is -2.49. The van der Waals surface area contributed by atoms with Crippen molar-refractivity contribution in [2.24, 2.45) is 10.9 Å². The Bertz CT molecular complexity index is 1460. The molecule has 2 aliphatic rings. The minimum atomic E-state index is -1.35. The number of rotatable bonds is 10. The number of nitrogens with zero attached hydrogens (tertiary/aromatic N) is 5. The molecule has 0 bridgehead atoms. The van der Waals surface area contributed by atoms with E-state index < -0.39 is 47.5 Å². The maximum absolute atomic E-state index is 13.0. The molecule has 3 amide bonds. The Labute approximate surface area is 227 Å². The fourth-order valence-electron chi connectivity index (χ4n) is 4.07. The van der Waals surface area contributed by atoms with Crippen molar-refractivity contribution >= 4 is 63.8 Å². The second kappa shape index (κ2) is 11.0. The minimum Gasteiger partial charge on any atom is -0.481 e. The van der Waals surface area contributed by atoms with Crippen LogP contribution < -0.4 is 21.4 Å². The molecule has 4 rings (SSSR count). The number of fused-ring (bicyclic) bond motifs is 1. The molecule has 0 radical (unpaired) electrons. The maximum Gasteiger partial charge on any atom is 0.352 e. The van der Waals surface area contributed by atoms with E-state index in [1.54, 1.807) is 0 Å². The number of aromatic nitrogens is 3. The molecule has 2 aromatic rings. The molecular formula is C21H21N8O8S2+. The van der Waals surface area contributed by atoms with Gasteiger partial charge in [-0.05, 0) is 0 Å². The number of carbonyl (C=O) groups excluding carboxylic acids is 3. The summed E-state index contributed by atoms with van der Waals surface area (Å²) in [5.74, 6) is -4.70. The van der Waals surface area contributed by atoms with Gasteiger partial charge >= 0.3 is 11.9 Å². The van der Waals surface area contributed by atoms with Gasteiger partial charge in [0.2, 0.25) is 17.4 Å². The van der Waals surface area contributed by atoms with Crippen LogP contribution in [-0.2, 0) is 37.0 Å². The number of carboxylic acid groups (broad SMARTS) is 2. The van der Waals surface area contributed by atoms with Crippen LogP contribution >= 0.6 is 23.3 Å². The second-order valence-electron chi connectivity index (χ2n) is 8.19. The molecule has 204 valence electrons. The molecule has 0 saturated carbocycles. The van der Waals surface area contributed by atoms with Gasteiger partial charge in [0.05, 0.1) is 12.0 Å². The summed E-state index contributed by atoms with van der Waals surface area (Å²) in [4.78, 5) is 70.6. The molecular weight excluding hydrogens is 556 g/mol. The van der Waals surface area contributed by atoms with Crippen LogP contribution in [0.5, 0.6) is 0 Å². The van der Waals surface area contributed by atoms with Gasteiger partial charge in [-0.25, -0.2) is 9.36 Å². The van der Waals surface area contributed by atoms with E-state index in [1.165, 1.54) is 41.9 Å². The molecule has 2 atom stereocenters. The predicted octanol–water partition coefficient (Wildman–Crippen LogP) is -2.08. The number of nitrogens with one attached hydrogen (secondary N) is 1. The number of carbonyl (C=O) groups is 5. The topological polar surface area (TPSA) is 244 Å². The number of aliphatic carboxylic acids is 2. The van der Waals surface area contributed by atoms with Gasteiger partial charge in [0.1, 0.15) is 24.2 Å². The van der Waals surface area contributed by atoms with E-state index in [-0.39, 0.29) is 45.8 Å². The average molecular weight is 578 g/mol. The third-order valence-electron chi connectivity index (χ3n) is 5.67. The van der Waals surface area contributed by atoms with Gasteiger partial charge in [0.15, 0.2) is 24.1 Å². The lowest BCUT2D eigenvalue weighted by Crippen LogP contribution is -2.71. The van der Waals surface area contributed by atoms with Gasteiger partial charge in [0.25, 0.3) is 11.8 Å². The molecule has 39 heavy (non-hydrogen) atoms. The number of hydrogen-bond donors (Lipinski definition) is 5. The molecule has 0 aromatic carbocycles. The van der Waals surface area contributed by atoms with Crippen LogP contribution in [0, 0.1) is 0 Å². The number of β-lactam (4-membered cyclic amide) rings is 1. The summed E-state index contributed by atoms with van der Waals surface area (Å²) in [6.07, 6.45) is 2.39. The largest absolute Gasteiger partial charge is 0.481 e. The molecule has 18 heteroatoms. The third kappa shape index (κ3) is 5.50. The third-order valence-corrected chi connectivity index (χ3v) is 7.55. The van der Waals surface area contributed by atoms with Crippen LogP contribution in [0.3, 0.4) is 0 Å². The summed E-state index contributed by atoms with van der Waals surface area (Å²) in [5, 5.41) is 24.6. The zero-order valence-corrected chi connectivity index (χ0v) is 21.7. The fourth-order valence-corrected chi connectivity index (χ4v) is 5.84. The molecule has 1 fully saturated rings. The number of thioether (sulfide) groups is 1. The molecule has 2 aromatic heterocycles. The lowest BCUT2D eigenvalue weighted by molar-refractivity contribution is -0.689. The van der Waals surface area contributed by atoms with E-state index in [0.29, 0.717) is 5.57 Å². The summed E-state index contributed by atoms with van der Waals surface area (Å²) < 4.78 is 5.42. The molecule has 7 N–H and O–H groups in total. The van der Waals surface area contributed by atoms with Crippen molar-refractivity contribution < 1.29 is 43.6 Å². The number of oxime groups is 1. The molecule has 0 spiro atoms. The Morgan fingerprint density at radius 1 is 1.33 bits per heavy atom. The number of primary amides is 1. The average Bonchev–Trinajstić information content (AvgIpc) is 3.30. The van der Waals surface area contributed by atoms with Crippen LogP contribution in [0.2, 0.25) is 0 Å². The first kappa shape index (κ1) is 27.5. The molecule has 1 saturated heterocycles. The Balaban J connectivity index is 1.56. The fraction of sp³-hybridized carbons (Fsp3) is 0.286. The number of pyridine rings is 1. The summed E-state index contributed by atoms with van der Waals surface area (Å²) in [6.45, 7) is -0.00458. The van der Waals surface area contributed by atoms with Crippen molar-refractivity contribution in [1.82, 2.24) is 19.6 Å². The highest BCUT2D eigenvalue weighted by Crippen LogP contribution is 2.40. The SMILES string of the molecule is CO/N=C(\C(=O)N[C@@H]1C(=O)N2C(C(=O)O)=C(C[n+]3ccc(C(N)=O)c(CC(=O)O)c3)CS[C@@H]12)c1nsc(N)n1. The first-order valence-electron chi connectivity index (χ1n) is 11.0. The highest BCUT2D eigenvalue weighted by atomic mass is 32.2. The monoisotopic (exact) mass is 577 g/mol.